The molecule has 0 unspecified atom stereocenters. The van der Waals surface area contributed by atoms with Gasteiger partial charge in [0.1, 0.15) is 17.7 Å². The van der Waals surface area contributed by atoms with Crippen LogP contribution in [-0.4, -0.2) is 9.13 Å². The Kier molecular flexibility index (Phi) is 4.60. The maximum Gasteiger partial charge on any atom is 0.147 e. The second kappa shape index (κ2) is 8.03. The van der Waals surface area contributed by atoms with Crippen LogP contribution < -0.4 is 0 Å². The molecular weight excluding hydrogens is 478 g/mol. The summed E-state index contributed by atoms with van der Waals surface area (Å²) in [6.45, 7) is 0. The Bertz CT molecular complexity index is 2190. The number of aromatic nitrogens is 2. The fraction of sp³-hybridized carbons (Fsp3) is 0. The molecule has 0 aliphatic heterocycles. The lowest BCUT2D eigenvalue weighted by molar-refractivity contribution is 0.595. The minimum absolute atomic E-state index is 0.122. The molecule has 0 spiro atoms. The lowest BCUT2D eigenvalue weighted by atomic mass is 10.1. The van der Waals surface area contributed by atoms with Gasteiger partial charge in [-0.3, -0.25) is 0 Å². The number of halogens is 2. The van der Waals surface area contributed by atoms with Crippen LogP contribution in [0.15, 0.2) is 97.1 Å². The summed E-state index contributed by atoms with van der Waals surface area (Å²) in [6, 6.07) is 32.3. The van der Waals surface area contributed by atoms with Crippen molar-refractivity contribution >= 4 is 43.6 Å². The van der Waals surface area contributed by atoms with E-state index in [0.29, 0.717) is 16.8 Å². The second-order valence-electron chi connectivity index (χ2n) is 9.11. The molecule has 7 rings (SSSR count). The zero-order valence-corrected chi connectivity index (χ0v) is 19.8. The molecule has 2 aromatic heterocycles. The zero-order valence-electron chi connectivity index (χ0n) is 19.8. The Morgan fingerprint density at radius 3 is 2.08 bits per heavy atom. The van der Waals surface area contributed by atoms with Crippen LogP contribution in [0, 0.1) is 34.3 Å². The third-order valence-corrected chi connectivity index (χ3v) is 7.11. The van der Waals surface area contributed by atoms with Crippen molar-refractivity contribution < 1.29 is 8.78 Å². The highest BCUT2D eigenvalue weighted by atomic mass is 19.1. The van der Waals surface area contributed by atoms with Crippen molar-refractivity contribution in [1.29, 1.82) is 10.5 Å². The number of rotatable bonds is 2. The van der Waals surface area contributed by atoms with Crippen molar-refractivity contribution in [3.63, 3.8) is 0 Å². The van der Waals surface area contributed by atoms with Crippen LogP contribution in [0.1, 0.15) is 11.1 Å². The molecule has 0 fully saturated rings. The molecule has 0 aliphatic rings. The number of nitriles is 2. The van der Waals surface area contributed by atoms with E-state index in [-0.39, 0.29) is 5.69 Å². The van der Waals surface area contributed by atoms with Crippen LogP contribution >= 0.6 is 0 Å². The fourth-order valence-electron chi connectivity index (χ4n) is 5.57. The molecule has 38 heavy (non-hydrogen) atoms. The Balaban J connectivity index is 1.74. The quantitative estimate of drug-likeness (QED) is 0.245. The number of hydrogen-bond acceptors (Lipinski definition) is 2. The Labute approximate surface area is 215 Å². The van der Waals surface area contributed by atoms with Gasteiger partial charge in [-0.1, -0.05) is 42.5 Å². The predicted octanol–water partition coefficient (Wildman–Crippen LogP) is 7.90. The van der Waals surface area contributed by atoms with E-state index < -0.39 is 11.6 Å². The first-order valence-electron chi connectivity index (χ1n) is 12.0. The molecule has 6 heteroatoms. The van der Waals surface area contributed by atoms with Gasteiger partial charge in [-0.2, -0.15) is 10.5 Å². The Morgan fingerprint density at radius 1 is 0.579 bits per heavy atom. The van der Waals surface area contributed by atoms with Gasteiger partial charge in [0.25, 0.3) is 0 Å². The van der Waals surface area contributed by atoms with E-state index in [9.17, 15) is 14.9 Å². The summed E-state index contributed by atoms with van der Waals surface area (Å²) in [4.78, 5) is 0. The van der Waals surface area contributed by atoms with Gasteiger partial charge in [0.05, 0.1) is 50.6 Å². The van der Waals surface area contributed by atoms with E-state index in [1.54, 1.807) is 22.8 Å². The number of fused-ring (bicyclic) bond motifs is 7. The van der Waals surface area contributed by atoms with Crippen LogP contribution in [0.5, 0.6) is 0 Å². The Morgan fingerprint density at radius 2 is 1.32 bits per heavy atom. The molecule has 0 N–H and O–H groups in total. The summed E-state index contributed by atoms with van der Waals surface area (Å²) in [7, 11) is 0. The monoisotopic (exact) mass is 494 g/mol. The number of para-hydroxylation sites is 2. The van der Waals surface area contributed by atoms with E-state index in [2.05, 4.69) is 12.1 Å². The topological polar surface area (TPSA) is 57.4 Å². The van der Waals surface area contributed by atoms with Crippen LogP contribution in [0.4, 0.5) is 8.78 Å². The first-order chi connectivity index (χ1) is 18.6. The van der Waals surface area contributed by atoms with Crippen LogP contribution in [-0.2, 0) is 0 Å². The smallest absolute Gasteiger partial charge is 0.147 e. The van der Waals surface area contributed by atoms with E-state index in [0.717, 1.165) is 55.7 Å². The molecule has 0 amide bonds. The Hall–Kier alpha value is -5.46. The second-order valence-corrected chi connectivity index (χ2v) is 9.11. The summed E-state index contributed by atoms with van der Waals surface area (Å²) in [6.07, 6.45) is 0. The largest absolute Gasteiger partial charge is 0.308 e. The SMILES string of the molecule is N#Cc1ccc(-n2c3ccccc3c3c2ccc2c4ccccc4n(-c4cc(F)ccc4F)c23)c(C#N)c1. The van der Waals surface area contributed by atoms with Gasteiger partial charge in [0, 0.05) is 27.6 Å². The molecule has 2 heterocycles. The van der Waals surface area contributed by atoms with Gasteiger partial charge in [-0.25, -0.2) is 8.78 Å². The highest BCUT2D eigenvalue weighted by molar-refractivity contribution is 6.26. The molecule has 5 aromatic carbocycles. The molecule has 7 aromatic rings. The van der Waals surface area contributed by atoms with Crippen LogP contribution in [0.3, 0.4) is 0 Å². The van der Waals surface area contributed by atoms with Gasteiger partial charge < -0.3 is 9.13 Å². The number of benzene rings is 5. The third-order valence-electron chi connectivity index (χ3n) is 7.11. The fourth-order valence-corrected chi connectivity index (χ4v) is 5.57. The normalized spacial score (nSPS) is 11.4. The van der Waals surface area contributed by atoms with Crippen LogP contribution in [0.2, 0.25) is 0 Å². The van der Waals surface area contributed by atoms with Gasteiger partial charge in [0.2, 0.25) is 0 Å². The third kappa shape index (κ3) is 2.92. The molecule has 0 aliphatic carbocycles. The van der Waals surface area contributed by atoms with Gasteiger partial charge in [-0.05, 0) is 48.5 Å². The highest BCUT2D eigenvalue weighted by Crippen LogP contribution is 2.42. The van der Waals surface area contributed by atoms with Crippen molar-refractivity contribution in [3.05, 3.63) is 120 Å². The maximum absolute atomic E-state index is 15.3. The van der Waals surface area contributed by atoms with E-state index >= 15 is 4.39 Å². The minimum atomic E-state index is -0.534. The summed E-state index contributed by atoms with van der Waals surface area (Å²) < 4.78 is 33.5. The summed E-state index contributed by atoms with van der Waals surface area (Å²) >= 11 is 0. The van der Waals surface area contributed by atoms with Gasteiger partial charge >= 0.3 is 0 Å². The lowest BCUT2D eigenvalue weighted by Crippen LogP contribution is -2.00. The predicted molar refractivity (Wildman–Crippen MR) is 144 cm³/mol. The lowest BCUT2D eigenvalue weighted by Gasteiger charge is -2.11. The van der Waals surface area contributed by atoms with Gasteiger partial charge in [-0.15, -0.1) is 0 Å². The molecule has 0 saturated carbocycles. The number of hydrogen-bond donors (Lipinski definition) is 0. The van der Waals surface area contributed by atoms with E-state index in [1.807, 2.05) is 65.2 Å². The van der Waals surface area contributed by atoms with E-state index in [4.69, 9.17) is 0 Å². The van der Waals surface area contributed by atoms with Crippen molar-refractivity contribution in [1.82, 2.24) is 9.13 Å². The van der Waals surface area contributed by atoms with Crippen molar-refractivity contribution in [3.8, 4) is 23.5 Å². The molecular formula is C32H16F2N4. The molecule has 0 radical (unpaired) electrons. The first kappa shape index (κ1) is 21.8. The summed E-state index contributed by atoms with van der Waals surface area (Å²) in [5, 5.41) is 22.9. The molecule has 0 atom stereocenters. The van der Waals surface area contributed by atoms with E-state index in [1.165, 1.54) is 6.07 Å². The standard InChI is InChI=1S/C32H16F2N4/c33-21-10-12-25(34)30(16-21)38-27-7-3-1-5-22(27)23-11-14-29-31(32(23)38)24-6-2-4-8-28(24)37(29)26-13-9-19(17-35)15-20(26)18-36/h1-16H. The molecule has 0 bridgehead atoms. The minimum Gasteiger partial charge on any atom is -0.308 e. The van der Waals surface area contributed by atoms with Gasteiger partial charge in [0.15, 0.2) is 0 Å². The number of nitrogens with zero attached hydrogens (tertiary/aromatic N) is 4. The van der Waals surface area contributed by atoms with Crippen molar-refractivity contribution in [2.75, 3.05) is 0 Å². The average molecular weight is 495 g/mol. The van der Waals surface area contributed by atoms with Crippen molar-refractivity contribution in [2.24, 2.45) is 0 Å². The highest BCUT2D eigenvalue weighted by Gasteiger charge is 2.22. The average Bonchev–Trinajstić information content (AvgIpc) is 3.47. The summed E-state index contributed by atoms with van der Waals surface area (Å²) in [5.41, 5.74) is 4.68. The zero-order chi connectivity index (χ0) is 26.0. The maximum atomic E-state index is 15.3. The first-order valence-corrected chi connectivity index (χ1v) is 12.0. The molecule has 0 saturated heterocycles. The molecule has 4 nitrogen and oxygen atoms in total. The van der Waals surface area contributed by atoms with Crippen LogP contribution in [0.25, 0.3) is 55.0 Å². The summed E-state index contributed by atoms with van der Waals surface area (Å²) in [5.74, 6) is -1.06. The van der Waals surface area contributed by atoms with Crippen molar-refractivity contribution in [2.45, 2.75) is 0 Å². The molecule has 178 valence electrons.